The molecule has 4 aliphatic carbocycles. The Morgan fingerprint density at radius 2 is 1.86 bits per heavy atom. The van der Waals surface area contributed by atoms with Crippen LogP contribution in [0.2, 0.25) is 0 Å². The number of ketones is 2. The van der Waals surface area contributed by atoms with Crippen molar-refractivity contribution in [3.8, 4) is 0 Å². The molecule has 0 saturated heterocycles. The van der Waals surface area contributed by atoms with Crippen LogP contribution in [-0.4, -0.2) is 50.9 Å². The van der Waals surface area contributed by atoms with Crippen LogP contribution in [0.4, 0.5) is 0 Å². The fourth-order valence-electron chi connectivity index (χ4n) is 8.33. The zero-order valence-electron chi connectivity index (χ0n) is 20.9. The first-order valence-electron chi connectivity index (χ1n) is 12.7. The summed E-state index contributed by atoms with van der Waals surface area (Å²) in [5.74, 6) is -2.37. The van der Waals surface area contributed by atoms with Crippen LogP contribution in [0.5, 0.6) is 0 Å². The number of carbonyl (C=O) groups excluding carboxylic acids is 3. The van der Waals surface area contributed by atoms with E-state index in [1.165, 1.54) is 6.08 Å². The number of ether oxygens (including phenoxy) is 1. The van der Waals surface area contributed by atoms with E-state index in [0.717, 1.165) is 5.57 Å². The van der Waals surface area contributed by atoms with Crippen LogP contribution in [0.3, 0.4) is 0 Å². The van der Waals surface area contributed by atoms with E-state index < -0.39 is 34.1 Å². The van der Waals surface area contributed by atoms with Crippen LogP contribution in [0.25, 0.3) is 0 Å². The van der Waals surface area contributed by atoms with Crippen molar-refractivity contribution in [3.63, 3.8) is 0 Å². The van der Waals surface area contributed by atoms with E-state index in [9.17, 15) is 24.6 Å². The highest BCUT2D eigenvalue weighted by molar-refractivity contribution is 6.29. The molecule has 0 radical (unpaired) electrons. The van der Waals surface area contributed by atoms with Crippen LogP contribution in [0, 0.1) is 28.6 Å². The second-order valence-electron chi connectivity index (χ2n) is 11.5. The van der Waals surface area contributed by atoms with Gasteiger partial charge in [0.1, 0.15) is 5.60 Å². The van der Waals surface area contributed by atoms with Crippen molar-refractivity contribution in [3.05, 3.63) is 59.7 Å². The lowest BCUT2D eigenvalue weighted by atomic mass is 9.44. The zero-order chi connectivity index (χ0) is 26.1. The van der Waals surface area contributed by atoms with E-state index >= 15 is 0 Å². The maximum Gasteiger partial charge on any atom is 0.339 e. The van der Waals surface area contributed by atoms with Gasteiger partial charge in [0, 0.05) is 16.7 Å². The number of aliphatic hydroxyl groups is 2. The largest absolute Gasteiger partial charge is 0.447 e. The third kappa shape index (κ3) is 3.07. The number of carbonyl (C=O) groups is 3. The van der Waals surface area contributed by atoms with Gasteiger partial charge in [-0.25, -0.2) is 4.79 Å². The van der Waals surface area contributed by atoms with Crippen LogP contribution in [0.15, 0.2) is 54.1 Å². The minimum Gasteiger partial charge on any atom is -0.447 e. The Bertz CT molecular complexity index is 1180. The first-order chi connectivity index (χ1) is 17.0. The molecule has 0 heterocycles. The van der Waals surface area contributed by atoms with Gasteiger partial charge in [0.05, 0.1) is 17.5 Å². The van der Waals surface area contributed by atoms with E-state index in [1.807, 2.05) is 20.8 Å². The Morgan fingerprint density at radius 1 is 1.17 bits per heavy atom. The fourth-order valence-corrected chi connectivity index (χ4v) is 8.52. The molecular formula is C29H33ClO6. The monoisotopic (exact) mass is 512 g/mol. The summed E-state index contributed by atoms with van der Waals surface area (Å²) in [7, 11) is 0. The number of halogens is 1. The lowest BCUT2D eigenvalue weighted by Gasteiger charge is -2.64. The number of hydrogen-bond acceptors (Lipinski definition) is 6. The SMILES string of the molecule is CC1C[C@H]2[C@@H]3CCC4=CC(=O)C=C[C@]4(C)[C@@]3(O)C(O)C[C@]2(C)[C@@]1(OC(=O)c1ccccc1)C(=O)CCl. The van der Waals surface area contributed by atoms with E-state index in [4.69, 9.17) is 16.3 Å². The van der Waals surface area contributed by atoms with Gasteiger partial charge in [0.2, 0.25) is 0 Å². The maximum atomic E-state index is 13.6. The number of aliphatic hydroxyl groups excluding tert-OH is 1. The number of alkyl halides is 1. The molecule has 2 N–H and O–H groups in total. The predicted molar refractivity (Wildman–Crippen MR) is 134 cm³/mol. The molecule has 36 heavy (non-hydrogen) atoms. The van der Waals surface area contributed by atoms with Gasteiger partial charge >= 0.3 is 5.97 Å². The zero-order valence-corrected chi connectivity index (χ0v) is 21.6. The van der Waals surface area contributed by atoms with Gasteiger partial charge in [0.15, 0.2) is 17.2 Å². The molecule has 1 aromatic carbocycles. The number of fused-ring (bicyclic) bond motifs is 5. The quantitative estimate of drug-likeness (QED) is 0.466. The summed E-state index contributed by atoms with van der Waals surface area (Å²) in [6, 6.07) is 8.54. The van der Waals surface area contributed by atoms with Crippen LogP contribution < -0.4 is 0 Å². The van der Waals surface area contributed by atoms with Gasteiger partial charge in [-0.2, -0.15) is 0 Å². The summed E-state index contributed by atoms with van der Waals surface area (Å²) < 4.78 is 6.19. The van der Waals surface area contributed by atoms with E-state index in [-0.39, 0.29) is 41.6 Å². The molecule has 4 aliphatic rings. The average molecular weight is 513 g/mol. The number of rotatable bonds is 4. The molecule has 5 rings (SSSR count). The first kappa shape index (κ1) is 25.4. The average Bonchev–Trinajstić information content (AvgIpc) is 3.07. The van der Waals surface area contributed by atoms with Gasteiger partial charge in [-0.05, 0) is 68.7 Å². The molecule has 3 saturated carbocycles. The van der Waals surface area contributed by atoms with Crippen LogP contribution in [-0.2, 0) is 14.3 Å². The summed E-state index contributed by atoms with van der Waals surface area (Å²) in [6.45, 7) is 5.68. The molecule has 6 nitrogen and oxygen atoms in total. The smallest absolute Gasteiger partial charge is 0.339 e. The Kier molecular flexibility index (Phi) is 5.90. The van der Waals surface area contributed by atoms with Crippen LogP contribution in [0.1, 0.15) is 56.8 Å². The van der Waals surface area contributed by atoms with Crippen molar-refractivity contribution >= 4 is 29.1 Å². The predicted octanol–water partition coefficient (Wildman–Crippen LogP) is 4.03. The minimum atomic E-state index is -1.54. The van der Waals surface area contributed by atoms with Crippen molar-refractivity contribution < 1.29 is 29.3 Å². The molecule has 1 aromatic rings. The lowest BCUT2D eigenvalue weighted by Crippen LogP contribution is -2.71. The number of hydrogen-bond donors (Lipinski definition) is 2. The second kappa shape index (κ2) is 8.37. The molecule has 2 unspecified atom stereocenters. The van der Waals surface area contributed by atoms with E-state index in [2.05, 4.69) is 0 Å². The highest BCUT2D eigenvalue weighted by atomic mass is 35.5. The minimum absolute atomic E-state index is 0.0599. The fraction of sp³-hybridized carbons (Fsp3) is 0.552. The Morgan fingerprint density at radius 3 is 2.53 bits per heavy atom. The third-order valence-electron chi connectivity index (χ3n) is 10.1. The van der Waals surface area contributed by atoms with Gasteiger partial charge < -0.3 is 14.9 Å². The van der Waals surface area contributed by atoms with Crippen molar-refractivity contribution in [2.75, 3.05) is 5.88 Å². The van der Waals surface area contributed by atoms with E-state index in [0.29, 0.717) is 24.8 Å². The number of Topliss-reactive ketones (excluding diaryl/α,β-unsaturated/α-hetero) is 1. The van der Waals surface area contributed by atoms with Crippen molar-refractivity contribution in [2.24, 2.45) is 28.6 Å². The second-order valence-corrected chi connectivity index (χ2v) is 11.8. The van der Waals surface area contributed by atoms with Crippen molar-refractivity contribution in [1.29, 1.82) is 0 Å². The standard InChI is InChI=1S/C29H33ClO6/c1-17-13-22-21-10-9-19-14-20(31)11-12-26(19,2)28(21,35)23(32)15-27(22,3)29(17,24(33)16-30)36-25(34)18-7-5-4-6-8-18/h4-8,11-12,14,17,21-23,32,35H,9-10,13,15-16H2,1-3H3/t17?,21-,22-,23?,26-,27-,28-,29-/m0/s1. The normalized spacial score (nSPS) is 43.2. The van der Waals surface area contributed by atoms with Crippen LogP contribution >= 0.6 is 11.6 Å². The third-order valence-corrected chi connectivity index (χ3v) is 10.3. The summed E-state index contributed by atoms with van der Waals surface area (Å²) in [5.41, 5.74) is -3.75. The molecule has 192 valence electrons. The van der Waals surface area contributed by atoms with Crippen molar-refractivity contribution in [1.82, 2.24) is 0 Å². The molecular weight excluding hydrogens is 480 g/mol. The van der Waals surface area contributed by atoms with Gasteiger partial charge in [-0.1, -0.05) is 43.7 Å². The molecule has 3 fully saturated rings. The summed E-state index contributed by atoms with van der Waals surface area (Å²) >= 11 is 6.14. The lowest BCUT2D eigenvalue weighted by molar-refractivity contribution is -0.248. The molecule has 0 spiro atoms. The van der Waals surface area contributed by atoms with E-state index in [1.54, 1.807) is 42.5 Å². The molecule has 0 bridgehead atoms. The van der Waals surface area contributed by atoms with Gasteiger partial charge in [-0.3, -0.25) is 9.59 Å². The molecule has 0 amide bonds. The topological polar surface area (TPSA) is 101 Å². The molecule has 0 aromatic heterocycles. The Balaban J connectivity index is 1.61. The molecule has 0 aliphatic heterocycles. The summed E-state index contributed by atoms with van der Waals surface area (Å²) in [5, 5.41) is 24.0. The summed E-state index contributed by atoms with van der Waals surface area (Å²) in [6.07, 6.45) is 5.32. The highest BCUT2D eigenvalue weighted by Crippen LogP contribution is 2.70. The Labute approximate surface area is 216 Å². The maximum absolute atomic E-state index is 13.6. The molecule has 8 atom stereocenters. The number of benzene rings is 1. The van der Waals surface area contributed by atoms with Crippen molar-refractivity contribution in [2.45, 2.75) is 63.8 Å². The van der Waals surface area contributed by atoms with Gasteiger partial charge in [0.25, 0.3) is 0 Å². The summed E-state index contributed by atoms with van der Waals surface area (Å²) in [4.78, 5) is 39.0. The molecule has 7 heteroatoms. The number of allylic oxidation sites excluding steroid dienone is 2. The first-order valence-corrected chi connectivity index (χ1v) is 13.2. The number of esters is 1. The highest BCUT2D eigenvalue weighted by Gasteiger charge is 2.76. The van der Waals surface area contributed by atoms with Gasteiger partial charge in [-0.15, -0.1) is 11.6 Å². The Hall–Kier alpha value is -2.28.